The van der Waals surface area contributed by atoms with Crippen LogP contribution in [-0.4, -0.2) is 37.0 Å². The van der Waals surface area contributed by atoms with Crippen LogP contribution in [0.1, 0.15) is 54.6 Å². The van der Waals surface area contributed by atoms with Crippen LogP contribution in [0.5, 0.6) is 5.75 Å². The fourth-order valence-electron chi connectivity index (χ4n) is 3.69. The molecular formula is C23H30Cl2N2O2. The Balaban J connectivity index is 0.00000300. The smallest absolute Gasteiger partial charge is 0.255 e. The first kappa shape index (κ1) is 23.5. The Kier molecular flexibility index (Phi) is 9.79. The number of rotatable bonds is 8. The third-order valence-corrected chi connectivity index (χ3v) is 5.49. The lowest BCUT2D eigenvalue weighted by Gasteiger charge is -2.35. The van der Waals surface area contributed by atoms with Gasteiger partial charge in [0, 0.05) is 11.6 Å². The van der Waals surface area contributed by atoms with Crippen LogP contribution in [-0.2, 0) is 0 Å². The van der Waals surface area contributed by atoms with E-state index in [1.807, 2.05) is 42.5 Å². The van der Waals surface area contributed by atoms with E-state index in [9.17, 15) is 4.79 Å². The van der Waals surface area contributed by atoms with Crippen LogP contribution < -0.4 is 10.1 Å². The summed E-state index contributed by atoms with van der Waals surface area (Å²) in [4.78, 5) is 15.3. The van der Waals surface area contributed by atoms with E-state index in [-0.39, 0.29) is 24.4 Å². The van der Waals surface area contributed by atoms with Crippen molar-refractivity contribution in [3.05, 3.63) is 64.7 Å². The largest absolute Gasteiger partial charge is 0.493 e. The summed E-state index contributed by atoms with van der Waals surface area (Å²) in [5.41, 5.74) is 1.65. The number of para-hydroxylation sites is 1. The molecule has 2 aromatic rings. The number of likely N-dealkylation sites (tertiary alicyclic amines) is 1. The van der Waals surface area contributed by atoms with Gasteiger partial charge in [0.25, 0.3) is 5.91 Å². The normalized spacial score (nSPS) is 15.2. The van der Waals surface area contributed by atoms with Crippen LogP contribution in [0.25, 0.3) is 0 Å². The fraction of sp³-hybridized carbons (Fsp3) is 0.435. The zero-order chi connectivity index (χ0) is 19.8. The van der Waals surface area contributed by atoms with Crippen LogP contribution in [0.2, 0.25) is 5.02 Å². The third-order valence-electron chi connectivity index (χ3n) is 5.14. The van der Waals surface area contributed by atoms with Gasteiger partial charge in [0.2, 0.25) is 0 Å². The summed E-state index contributed by atoms with van der Waals surface area (Å²) in [6.45, 7) is 5.23. The molecule has 1 aliphatic rings. The summed E-state index contributed by atoms with van der Waals surface area (Å²) in [6.07, 6.45) is 4.53. The quantitative estimate of drug-likeness (QED) is 0.592. The van der Waals surface area contributed by atoms with E-state index in [0.29, 0.717) is 24.5 Å². The van der Waals surface area contributed by atoms with Crippen molar-refractivity contribution in [2.75, 3.05) is 26.2 Å². The van der Waals surface area contributed by atoms with Crippen LogP contribution in [0.3, 0.4) is 0 Å². The first-order valence-corrected chi connectivity index (χ1v) is 10.6. The molecule has 1 atom stereocenters. The van der Waals surface area contributed by atoms with Gasteiger partial charge in [0.1, 0.15) is 5.75 Å². The number of benzene rings is 2. The molecule has 0 aromatic heterocycles. The summed E-state index contributed by atoms with van der Waals surface area (Å²) in [7, 11) is 0. The maximum atomic E-state index is 12.9. The molecule has 0 saturated carbocycles. The molecule has 1 amide bonds. The lowest BCUT2D eigenvalue weighted by atomic mass is 10.0. The summed E-state index contributed by atoms with van der Waals surface area (Å²) < 4.78 is 5.74. The van der Waals surface area contributed by atoms with E-state index >= 15 is 0 Å². The highest BCUT2D eigenvalue weighted by Crippen LogP contribution is 2.29. The van der Waals surface area contributed by atoms with Crippen molar-refractivity contribution >= 4 is 29.9 Å². The monoisotopic (exact) mass is 436 g/mol. The molecule has 158 valence electrons. The van der Waals surface area contributed by atoms with Crippen molar-refractivity contribution in [2.24, 2.45) is 0 Å². The van der Waals surface area contributed by atoms with Crippen molar-refractivity contribution in [1.29, 1.82) is 0 Å². The van der Waals surface area contributed by atoms with Gasteiger partial charge in [-0.2, -0.15) is 0 Å². The van der Waals surface area contributed by atoms with Crippen molar-refractivity contribution in [3.8, 4) is 5.75 Å². The van der Waals surface area contributed by atoms with Gasteiger partial charge in [-0.1, -0.05) is 55.3 Å². The molecule has 0 spiro atoms. The molecule has 1 N–H and O–H groups in total. The molecular weight excluding hydrogens is 407 g/mol. The van der Waals surface area contributed by atoms with Crippen LogP contribution >= 0.6 is 24.0 Å². The van der Waals surface area contributed by atoms with Gasteiger partial charge in [0.15, 0.2) is 0 Å². The summed E-state index contributed by atoms with van der Waals surface area (Å²) in [5.74, 6) is 0.523. The first-order valence-electron chi connectivity index (χ1n) is 10.2. The lowest BCUT2D eigenvalue weighted by Crippen LogP contribution is -2.40. The lowest BCUT2D eigenvalue weighted by molar-refractivity contribution is 0.0920. The zero-order valence-corrected chi connectivity index (χ0v) is 18.5. The Labute approximate surface area is 185 Å². The predicted molar refractivity (Wildman–Crippen MR) is 121 cm³/mol. The second-order valence-corrected chi connectivity index (χ2v) is 7.60. The standard InChI is InChI=1S/C23H29ClN2O2.ClH/c1-2-16-28-22-13-7-5-11-19(22)23(27)25-17-21(26-14-8-3-9-15-26)18-10-4-6-12-20(18)24;/h4-7,10-13,21H,2-3,8-9,14-17H2,1H3,(H,25,27);1H. The van der Waals surface area contributed by atoms with E-state index in [0.717, 1.165) is 30.1 Å². The fourth-order valence-corrected chi connectivity index (χ4v) is 3.95. The molecule has 1 aliphatic heterocycles. The molecule has 4 nitrogen and oxygen atoms in total. The van der Waals surface area contributed by atoms with Gasteiger partial charge < -0.3 is 10.1 Å². The zero-order valence-electron chi connectivity index (χ0n) is 16.9. The Morgan fingerprint density at radius 2 is 1.79 bits per heavy atom. The number of nitrogens with one attached hydrogen (secondary N) is 1. The van der Waals surface area contributed by atoms with Gasteiger partial charge in [-0.15, -0.1) is 12.4 Å². The van der Waals surface area contributed by atoms with E-state index in [4.69, 9.17) is 16.3 Å². The SMILES string of the molecule is CCCOc1ccccc1C(=O)NCC(c1ccccc1Cl)N1CCCCC1.Cl. The number of ether oxygens (including phenoxy) is 1. The Hall–Kier alpha value is -1.75. The molecule has 1 unspecified atom stereocenters. The number of halogens is 2. The number of hydrogen-bond donors (Lipinski definition) is 1. The van der Waals surface area contributed by atoms with Crippen molar-refractivity contribution in [2.45, 2.75) is 38.6 Å². The number of amides is 1. The minimum absolute atomic E-state index is 0. The van der Waals surface area contributed by atoms with Gasteiger partial charge >= 0.3 is 0 Å². The van der Waals surface area contributed by atoms with Crippen molar-refractivity contribution in [1.82, 2.24) is 10.2 Å². The minimum atomic E-state index is -0.110. The van der Waals surface area contributed by atoms with Crippen LogP contribution in [0.15, 0.2) is 48.5 Å². The molecule has 0 radical (unpaired) electrons. The molecule has 2 aromatic carbocycles. The first-order chi connectivity index (χ1) is 13.7. The van der Waals surface area contributed by atoms with Crippen LogP contribution in [0.4, 0.5) is 0 Å². The van der Waals surface area contributed by atoms with E-state index in [1.165, 1.54) is 19.3 Å². The molecule has 1 fully saturated rings. The highest BCUT2D eigenvalue weighted by Gasteiger charge is 2.25. The summed E-state index contributed by atoms with van der Waals surface area (Å²) >= 11 is 6.49. The average Bonchev–Trinajstić information content (AvgIpc) is 2.74. The van der Waals surface area contributed by atoms with E-state index in [2.05, 4.69) is 23.2 Å². The highest BCUT2D eigenvalue weighted by atomic mass is 35.5. The topological polar surface area (TPSA) is 41.6 Å². The minimum Gasteiger partial charge on any atom is -0.493 e. The third kappa shape index (κ3) is 6.36. The summed E-state index contributed by atoms with van der Waals surface area (Å²) in [5, 5.41) is 3.87. The van der Waals surface area contributed by atoms with Gasteiger partial charge in [-0.05, 0) is 56.1 Å². The van der Waals surface area contributed by atoms with Crippen molar-refractivity contribution in [3.63, 3.8) is 0 Å². The molecule has 3 rings (SSSR count). The number of carbonyl (C=O) groups excluding carboxylic acids is 1. The second-order valence-electron chi connectivity index (χ2n) is 7.19. The molecule has 1 saturated heterocycles. The molecule has 1 heterocycles. The molecule has 29 heavy (non-hydrogen) atoms. The van der Waals surface area contributed by atoms with E-state index in [1.54, 1.807) is 0 Å². The highest BCUT2D eigenvalue weighted by molar-refractivity contribution is 6.31. The molecule has 6 heteroatoms. The number of nitrogens with zero attached hydrogens (tertiary/aromatic N) is 1. The Bertz CT molecular complexity index is 779. The van der Waals surface area contributed by atoms with E-state index < -0.39 is 0 Å². The molecule has 0 bridgehead atoms. The number of piperidine rings is 1. The van der Waals surface area contributed by atoms with Crippen molar-refractivity contribution < 1.29 is 9.53 Å². The number of carbonyl (C=O) groups is 1. The molecule has 0 aliphatic carbocycles. The maximum Gasteiger partial charge on any atom is 0.255 e. The van der Waals surface area contributed by atoms with Crippen LogP contribution in [0, 0.1) is 0 Å². The second kappa shape index (κ2) is 12.1. The Morgan fingerprint density at radius 1 is 1.10 bits per heavy atom. The Morgan fingerprint density at radius 3 is 2.52 bits per heavy atom. The summed E-state index contributed by atoms with van der Waals surface area (Å²) in [6, 6.07) is 15.4. The number of hydrogen-bond acceptors (Lipinski definition) is 3. The van der Waals surface area contributed by atoms with Gasteiger partial charge in [-0.25, -0.2) is 0 Å². The maximum absolute atomic E-state index is 12.9. The van der Waals surface area contributed by atoms with Gasteiger partial charge in [-0.3, -0.25) is 9.69 Å². The van der Waals surface area contributed by atoms with Gasteiger partial charge in [0.05, 0.1) is 18.2 Å². The average molecular weight is 437 g/mol. The predicted octanol–water partition coefficient (Wildman–Crippen LogP) is 5.51.